The Kier molecular flexibility index (Phi) is 2.93. The fourth-order valence-electron chi connectivity index (χ4n) is 2.33. The number of alkyl halides is 3. The summed E-state index contributed by atoms with van der Waals surface area (Å²) in [5.74, 6) is 0. The molecule has 0 unspecified atom stereocenters. The molecule has 0 aliphatic heterocycles. The lowest BCUT2D eigenvalue weighted by Crippen LogP contribution is -2.07. The highest BCUT2D eigenvalue weighted by molar-refractivity contribution is 5.91. The molecule has 0 amide bonds. The maximum atomic E-state index is 12.9. The molecular formula is C14H11F3N4. The second kappa shape index (κ2) is 4.54. The van der Waals surface area contributed by atoms with E-state index in [-0.39, 0.29) is 11.3 Å². The van der Waals surface area contributed by atoms with Crippen LogP contribution in [0.5, 0.6) is 0 Å². The monoisotopic (exact) mass is 292 g/mol. The molecule has 0 aliphatic rings. The van der Waals surface area contributed by atoms with Gasteiger partial charge in [-0.2, -0.15) is 18.3 Å². The minimum absolute atomic E-state index is 0.0556. The van der Waals surface area contributed by atoms with E-state index in [0.29, 0.717) is 16.6 Å². The normalized spacial score (nSPS) is 12.0. The van der Waals surface area contributed by atoms with Crippen molar-refractivity contribution in [2.75, 3.05) is 0 Å². The lowest BCUT2D eigenvalue weighted by atomic mass is 10.0. The van der Waals surface area contributed by atoms with Gasteiger partial charge in [-0.3, -0.25) is 15.1 Å². The highest BCUT2D eigenvalue weighted by atomic mass is 19.4. The van der Waals surface area contributed by atoms with Crippen LogP contribution in [0.15, 0.2) is 24.5 Å². The highest BCUT2D eigenvalue weighted by Gasteiger charge is 2.36. The van der Waals surface area contributed by atoms with E-state index in [2.05, 4.69) is 20.2 Å². The first-order valence-corrected chi connectivity index (χ1v) is 6.22. The number of fused-ring (bicyclic) bond motifs is 1. The maximum Gasteiger partial charge on any atom is 0.433 e. The van der Waals surface area contributed by atoms with Crippen molar-refractivity contribution in [3.05, 3.63) is 41.3 Å². The minimum Gasteiger partial charge on any atom is -0.273 e. The molecule has 0 aliphatic carbocycles. The van der Waals surface area contributed by atoms with Crippen molar-refractivity contribution in [3.63, 3.8) is 0 Å². The zero-order chi connectivity index (χ0) is 15.2. The van der Waals surface area contributed by atoms with Gasteiger partial charge in [-0.1, -0.05) is 0 Å². The van der Waals surface area contributed by atoms with Crippen molar-refractivity contribution in [3.8, 4) is 11.3 Å². The molecular weight excluding hydrogens is 281 g/mol. The number of nitrogens with zero attached hydrogens (tertiary/aromatic N) is 3. The summed E-state index contributed by atoms with van der Waals surface area (Å²) in [5.41, 5.74) is 2.05. The van der Waals surface area contributed by atoms with Crippen LogP contribution in [0.25, 0.3) is 22.3 Å². The van der Waals surface area contributed by atoms with Crippen LogP contribution in [-0.4, -0.2) is 20.2 Å². The number of H-pyrrole nitrogens is 1. The van der Waals surface area contributed by atoms with Crippen LogP contribution in [0, 0.1) is 13.8 Å². The first-order valence-electron chi connectivity index (χ1n) is 6.22. The van der Waals surface area contributed by atoms with Crippen molar-refractivity contribution in [2.24, 2.45) is 0 Å². The molecule has 4 nitrogen and oxygen atoms in total. The Labute approximate surface area is 118 Å². The Morgan fingerprint density at radius 3 is 2.43 bits per heavy atom. The number of nitrogens with one attached hydrogen (secondary N) is 1. The fraction of sp³-hybridized carbons (Fsp3) is 0.214. The number of rotatable bonds is 1. The summed E-state index contributed by atoms with van der Waals surface area (Å²) in [4.78, 5) is 8.40. The second-order valence-corrected chi connectivity index (χ2v) is 4.81. The van der Waals surface area contributed by atoms with Crippen LogP contribution >= 0.6 is 0 Å². The van der Waals surface area contributed by atoms with Gasteiger partial charge >= 0.3 is 6.18 Å². The van der Waals surface area contributed by atoms with Gasteiger partial charge in [0, 0.05) is 23.5 Å². The minimum atomic E-state index is -4.46. The van der Waals surface area contributed by atoms with Gasteiger partial charge in [0.1, 0.15) is 5.69 Å². The van der Waals surface area contributed by atoms with Crippen LogP contribution in [0.1, 0.15) is 16.8 Å². The van der Waals surface area contributed by atoms with E-state index in [9.17, 15) is 13.2 Å². The number of benzene rings is 1. The average Bonchev–Trinajstić information content (AvgIpc) is 2.79. The van der Waals surface area contributed by atoms with Crippen molar-refractivity contribution >= 4 is 11.0 Å². The number of aryl methyl sites for hydroxylation is 1. The van der Waals surface area contributed by atoms with Gasteiger partial charge < -0.3 is 0 Å². The van der Waals surface area contributed by atoms with Crippen molar-refractivity contribution < 1.29 is 13.2 Å². The molecule has 0 saturated heterocycles. The third kappa shape index (κ3) is 2.24. The Hall–Kier alpha value is -2.44. The summed E-state index contributed by atoms with van der Waals surface area (Å²) < 4.78 is 38.6. The van der Waals surface area contributed by atoms with E-state index in [4.69, 9.17) is 0 Å². The fourth-order valence-corrected chi connectivity index (χ4v) is 2.33. The molecule has 3 rings (SSSR count). The molecule has 108 valence electrons. The van der Waals surface area contributed by atoms with Gasteiger partial charge in [-0.25, -0.2) is 0 Å². The number of aromatic nitrogens is 4. The molecule has 2 aromatic heterocycles. The number of halogens is 3. The zero-order valence-corrected chi connectivity index (χ0v) is 11.3. The molecule has 0 atom stereocenters. The van der Waals surface area contributed by atoms with E-state index < -0.39 is 11.9 Å². The Balaban J connectivity index is 2.29. The smallest absolute Gasteiger partial charge is 0.273 e. The summed E-state index contributed by atoms with van der Waals surface area (Å²) in [5, 5.41) is 5.90. The summed E-state index contributed by atoms with van der Waals surface area (Å²) >= 11 is 0. The van der Waals surface area contributed by atoms with Gasteiger partial charge in [0.05, 0.1) is 16.7 Å². The number of aromatic amines is 1. The van der Waals surface area contributed by atoms with E-state index in [1.165, 1.54) is 13.1 Å². The third-order valence-electron chi connectivity index (χ3n) is 3.27. The molecule has 0 spiro atoms. The Morgan fingerprint density at radius 1 is 1.05 bits per heavy atom. The molecule has 2 heterocycles. The number of hydrogen-bond donors (Lipinski definition) is 1. The van der Waals surface area contributed by atoms with Gasteiger partial charge in [-0.05, 0) is 31.5 Å². The first-order chi connectivity index (χ1) is 9.88. The van der Waals surface area contributed by atoms with Crippen LogP contribution in [0.3, 0.4) is 0 Å². The largest absolute Gasteiger partial charge is 0.433 e. The molecule has 0 saturated carbocycles. The van der Waals surface area contributed by atoms with Crippen molar-refractivity contribution in [2.45, 2.75) is 20.0 Å². The van der Waals surface area contributed by atoms with Crippen LogP contribution < -0.4 is 0 Å². The summed E-state index contributed by atoms with van der Waals surface area (Å²) in [7, 11) is 0. The summed E-state index contributed by atoms with van der Waals surface area (Å²) in [6.45, 7) is 3.25. The molecule has 0 fully saturated rings. The summed E-state index contributed by atoms with van der Waals surface area (Å²) in [6, 6.07) is 3.60. The van der Waals surface area contributed by atoms with Gasteiger partial charge in [0.2, 0.25) is 0 Å². The lowest BCUT2D eigenvalue weighted by molar-refractivity contribution is -0.141. The number of hydrogen-bond acceptors (Lipinski definition) is 3. The average molecular weight is 292 g/mol. The first kappa shape index (κ1) is 13.5. The predicted octanol–water partition coefficient (Wildman–Crippen LogP) is 3.66. The van der Waals surface area contributed by atoms with Gasteiger partial charge in [-0.15, -0.1) is 0 Å². The van der Waals surface area contributed by atoms with Crippen LogP contribution in [0.2, 0.25) is 0 Å². The molecule has 1 N–H and O–H groups in total. The molecule has 0 radical (unpaired) electrons. The maximum absolute atomic E-state index is 12.9. The van der Waals surface area contributed by atoms with Crippen molar-refractivity contribution in [1.82, 2.24) is 20.2 Å². The van der Waals surface area contributed by atoms with Crippen molar-refractivity contribution in [1.29, 1.82) is 0 Å². The Bertz CT molecular complexity index is 821. The van der Waals surface area contributed by atoms with E-state index in [0.717, 1.165) is 5.56 Å². The van der Waals surface area contributed by atoms with Gasteiger partial charge in [0.15, 0.2) is 0 Å². The van der Waals surface area contributed by atoms with E-state index >= 15 is 0 Å². The van der Waals surface area contributed by atoms with Gasteiger partial charge in [0.25, 0.3) is 0 Å². The predicted molar refractivity (Wildman–Crippen MR) is 71.6 cm³/mol. The quantitative estimate of drug-likeness (QED) is 0.744. The van der Waals surface area contributed by atoms with Crippen LogP contribution in [0.4, 0.5) is 13.2 Å². The molecule has 21 heavy (non-hydrogen) atoms. The Morgan fingerprint density at radius 2 is 1.76 bits per heavy atom. The topological polar surface area (TPSA) is 54.5 Å². The highest BCUT2D eigenvalue weighted by Crippen LogP contribution is 2.36. The summed E-state index contributed by atoms with van der Waals surface area (Å²) in [6.07, 6.45) is -1.40. The zero-order valence-electron chi connectivity index (χ0n) is 11.3. The second-order valence-electron chi connectivity index (χ2n) is 4.81. The molecule has 1 aromatic carbocycles. The lowest BCUT2D eigenvalue weighted by Gasteiger charge is -2.07. The molecule has 0 bridgehead atoms. The van der Waals surface area contributed by atoms with E-state index in [1.54, 1.807) is 12.3 Å². The van der Waals surface area contributed by atoms with Crippen LogP contribution in [-0.2, 0) is 6.18 Å². The standard InChI is InChI=1S/C14H11F3N4/c1-7-5-9(12-10(6-7)18-3-4-19-12)11-8(2)13(21-20-11)14(15,16)17/h3-6H,1-2H3,(H,20,21). The SMILES string of the molecule is Cc1cc(-c2n[nH]c(C(F)(F)F)c2C)c2nccnc2c1. The molecule has 3 aromatic rings. The van der Waals surface area contributed by atoms with E-state index in [1.807, 2.05) is 13.0 Å². The third-order valence-corrected chi connectivity index (χ3v) is 3.27. The molecule has 7 heteroatoms.